The van der Waals surface area contributed by atoms with Crippen molar-refractivity contribution < 1.29 is 17.9 Å². The Kier molecular flexibility index (Phi) is 8.15. The largest absolute Gasteiger partial charge is 0.383 e. The van der Waals surface area contributed by atoms with E-state index in [9.17, 15) is 13.2 Å². The lowest BCUT2D eigenvalue weighted by molar-refractivity contribution is 0.0997. The van der Waals surface area contributed by atoms with Gasteiger partial charge in [-0.25, -0.2) is 8.42 Å². The van der Waals surface area contributed by atoms with Crippen LogP contribution < -0.4 is 4.80 Å². The third kappa shape index (κ3) is 5.65. The molecular formula is C27H29N3O4S2. The van der Waals surface area contributed by atoms with E-state index in [1.165, 1.54) is 39.9 Å². The van der Waals surface area contributed by atoms with Crippen LogP contribution in [0.25, 0.3) is 10.2 Å². The van der Waals surface area contributed by atoms with Crippen LogP contribution in [0.5, 0.6) is 0 Å². The van der Waals surface area contributed by atoms with Gasteiger partial charge < -0.3 is 9.30 Å². The number of carbonyl (C=O) groups is 1. The smallest absolute Gasteiger partial charge is 0.279 e. The van der Waals surface area contributed by atoms with E-state index in [1.54, 1.807) is 7.11 Å². The van der Waals surface area contributed by atoms with E-state index in [2.05, 4.69) is 11.1 Å². The van der Waals surface area contributed by atoms with Crippen molar-refractivity contribution >= 4 is 37.5 Å². The Morgan fingerprint density at radius 3 is 2.44 bits per heavy atom. The first-order valence-corrected chi connectivity index (χ1v) is 13.9. The second-order valence-electron chi connectivity index (χ2n) is 8.36. The monoisotopic (exact) mass is 523 g/mol. The molecule has 9 heteroatoms. The number of aryl methyl sites for hydroxylation is 1. The van der Waals surface area contributed by atoms with Crippen molar-refractivity contribution in [2.45, 2.75) is 31.8 Å². The Balaban J connectivity index is 1.61. The van der Waals surface area contributed by atoms with Crippen LogP contribution in [0.15, 0.2) is 82.7 Å². The third-order valence-electron chi connectivity index (χ3n) is 5.85. The summed E-state index contributed by atoms with van der Waals surface area (Å²) >= 11 is 1.44. The lowest BCUT2D eigenvalue weighted by Gasteiger charge is -2.20. The predicted molar refractivity (Wildman–Crippen MR) is 142 cm³/mol. The van der Waals surface area contributed by atoms with Crippen LogP contribution in [0.3, 0.4) is 0 Å². The molecule has 0 N–H and O–H groups in total. The average Bonchev–Trinajstić information content (AvgIpc) is 3.22. The maximum Gasteiger partial charge on any atom is 0.279 e. The van der Waals surface area contributed by atoms with Gasteiger partial charge in [0.15, 0.2) is 4.80 Å². The highest BCUT2D eigenvalue weighted by Gasteiger charge is 2.23. The molecule has 0 aliphatic carbocycles. The van der Waals surface area contributed by atoms with E-state index in [0.717, 1.165) is 21.3 Å². The fourth-order valence-electron chi connectivity index (χ4n) is 3.89. The first kappa shape index (κ1) is 26.0. The van der Waals surface area contributed by atoms with Gasteiger partial charge >= 0.3 is 0 Å². The van der Waals surface area contributed by atoms with Gasteiger partial charge in [-0.2, -0.15) is 9.30 Å². The van der Waals surface area contributed by atoms with Gasteiger partial charge in [0.2, 0.25) is 10.0 Å². The van der Waals surface area contributed by atoms with Crippen molar-refractivity contribution in [2.75, 3.05) is 20.3 Å². The Hall–Kier alpha value is -3.11. The molecule has 188 valence electrons. The number of aromatic nitrogens is 1. The molecule has 0 unspecified atom stereocenters. The van der Waals surface area contributed by atoms with Crippen LogP contribution >= 0.6 is 11.3 Å². The summed E-state index contributed by atoms with van der Waals surface area (Å²) in [4.78, 5) is 18.1. The van der Waals surface area contributed by atoms with Crippen molar-refractivity contribution in [3.05, 3.63) is 94.3 Å². The fraction of sp³-hybridized carbons (Fsp3) is 0.259. The summed E-state index contributed by atoms with van der Waals surface area (Å²) in [7, 11) is -2.08. The molecular weight excluding hydrogens is 494 g/mol. The molecule has 0 atom stereocenters. The predicted octanol–water partition coefficient (Wildman–Crippen LogP) is 4.61. The van der Waals surface area contributed by atoms with Gasteiger partial charge in [-0.15, -0.1) is 0 Å². The number of hydrogen-bond donors (Lipinski definition) is 0. The minimum absolute atomic E-state index is 0.143. The summed E-state index contributed by atoms with van der Waals surface area (Å²) in [5.41, 5.74) is 3.36. The summed E-state index contributed by atoms with van der Waals surface area (Å²) in [6.07, 6.45) is 0. The van der Waals surface area contributed by atoms with Crippen molar-refractivity contribution in [1.82, 2.24) is 8.87 Å². The molecule has 1 aromatic heterocycles. The molecule has 1 heterocycles. The average molecular weight is 524 g/mol. The molecule has 0 bridgehead atoms. The molecule has 0 saturated carbocycles. The number of carbonyl (C=O) groups excluding carboxylic acids is 1. The van der Waals surface area contributed by atoms with Crippen LogP contribution in [-0.2, 0) is 27.8 Å². The second kappa shape index (κ2) is 11.3. The highest BCUT2D eigenvalue weighted by Crippen LogP contribution is 2.21. The number of hydrogen-bond acceptors (Lipinski definition) is 5. The standard InChI is InChI=1S/C27H29N3O4S2/c1-4-29(19-21-8-6-5-7-9-21)36(32,33)23-13-11-22(12-14-23)26(31)28-27-30(16-17-34-3)24-15-10-20(2)18-25(24)35-27/h5-15,18H,4,16-17,19H2,1-3H3. The summed E-state index contributed by atoms with van der Waals surface area (Å²) in [5, 5.41) is 0. The Morgan fingerprint density at radius 2 is 1.78 bits per heavy atom. The first-order valence-electron chi connectivity index (χ1n) is 11.7. The van der Waals surface area contributed by atoms with Gasteiger partial charge in [0.1, 0.15) is 0 Å². The van der Waals surface area contributed by atoms with E-state index >= 15 is 0 Å². The third-order valence-corrected chi connectivity index (χ3v) is 8.82. The number of fused-ring (bicyclic) bond motifs is 1. The summed E-state index contributed by atoms with van der Waals surface area (Å²) in [6, 6.07) is 21.6. The van der Waals surface area contributed by atoms with Crippen molar-refractivity contribution in [3.8, 4) is 0 Å². The van der Waals surface area contributed by atoms with E-state index in [4.69, 9.17) is 4.74 Å². The molecule has 0 fully saturated rings. The zero-order chi connectivity index (χ0) is 25.7. The van der Waals surface area contributed by atoms with Crippen molar-refractivity contribution in [2.24, 2.45) is 4.99 Å². The topological polar surface area (TPSA) is 81.0 Å². The lowest BCUT2D eigenvalue weighted by Crippen LogP contribution is -2.30. The van der Waals surface area contributed by atoms with Gasteiger partial charge in [-0.1, -0.05) is 54.7 Å². The minimum Gasteiger partial charge on any atom is -0.383 e. The summed E-state index contributed by atoms with van der Waals surface area (Å²) in [5.74, 6) is -0.426. The molecule has 0 radical (unpaired) electrons. The number of methoxy groups -OCH3 is 1. The lowest BCUT2D eigenvalue weighted by atomic mass is 10.2. The van der Waals surface area contributed by atoms with Gasteiger partial charge in [0.05, 0.1) is 21.7 Å². The van der Waals surface area contributed by atoms with Crippen LogP contribution in [0, 0.1) is 6.92 Å². The van der Waals surface area contributed by atoms with Crippen LogP contribution in [0.1, 0.15) is 28.4 Å². The van der Waals surface area contributed by atoms with Crippen LogP contribution in [0.4, 0.5) is 0 Å². The number of sulfonamides is 1. The molecule has 0 saturated heterocycles. The van der Waals surface area contributed by atoms with Gasteiger partial charge in [0, 0.05) is 32.3 Å². The highest BCUT2D eigenvalue weighted by atomic mass is 32.2. The van der Waals surface area contributed by atoms with Gasteiger partial charge in [-0.3, -0.25) is 4.79 Å². The molecule has 36 heavy (non-hydrogen) atoms. The molecule has 1 amide bonds. The summed E-state index contributed by atoms with van der Waals surface area (Å²) < 4.78 is 36.1. The van der Waals surface area contributed by atoms with Crippen LogP contribution in [-0.4, -0.2) is 43.5 Å². The quantitative estimate of drug-likeness (QED) is 0.321. The number of benzene rings is 3. The number of ether oxygens (including phenoxy) is 1. The normalized spacial score (nSPS) is 12.5. The molecule has 3 aromatic carbocycles. The molecule has 4 rings (SSSR count). The van der Waals surface area contributed by atoms with E-state index in [1.807, 2.05) is 60.9 Å². The molecule has 0 aliphatic rings. The molecule has 0 aliphatic heterocycles. The zero-order valence-corrected chi connectivity index (χ0v) is 22.2. The highest BCUT2D eigenvalue weighted by molar-refractivity contribution is 7.89. The number of rotatable bonds is 9. The Labute approximate surface area is 215 Å². The van der Waals surface area contributed by atoms with E-state index in [-0.39, 0.29) is 11.4 Å². The van der Waals surface area contributed by atoms with E-state index < -0.39 is 15.9 Å². The Morgan fingerprint density at radius 1 is 1.06 bits per heavy atom. The number of nitrogens with zero attached hydrogens (tertiary/aromatic N) is 3. The minimum atomic E-state index is -3.71. The first-order chi connectivity index (χ1) is 17.3. The molecule has 4 aromatic rings. The number of thiazole rings is 1. The second-order valence-corrected chi connectivity index (χ2v) is 11.3. The SMILES string of the molecule is CCN(Cc1ccccc1)S(=O)(=O)c1ccc(C(=O)N=c2sc3cc(C)ccc3n2CCOC)cc1. The van der Waals surface area contributed by atoms with Crippen LogP contribution in [0.2, 0.25) is 0 Å². The fourth-order valence-corrected chi connectivity index (χ4v) is 6.48. The molecule has 0 spiro atoms. The zero-order valence-electron chi connectivity index (χ0n) is 20.5. The molecule has 7 nitrogen and oxygen atoms in total. The van der Waals surface area contributed by atoms with Gasteiger partial charge in [0.25, 0.3) is 5.91 Å². The van der Waals surface area contributed by atoms with Crippen molar-refractivity contribution in [3.63, 3.8) is 0 Å². The summed E-state index contributed by atoms with van der Waals surface area (Å²) in [6.45, 7) is 5.50. The maximum atomic E-state index is 13.2. The Bertz CT molecular complexity index is 1520. The van der Waals surface area contributed by atoms with Gasteiger partial charge in [-0.05, 0) is 54.4 Å². The van der Waals surface area contributed by atoms with E-state index in [0.29, 0.717) is 30.1 Å². The number of amides is 1. The maximum absolute atomic E-state index is 13.2. The van der Waals surface area contributed by atoms with Crippen molar-refractivity contribution in [1.29, 1.82) is 0 Å².